The number of aromatic amines is 1. The number of nitrogens with zero attached hydrogens (tertiary/aromatic N) is 2. The number of aryl methyl sites for hydroxylation is 2. The van der Waals surface area contributed by atoms with E-state index < -0.39 is 0 Å². The van der Waals surface area contributed by atoms with E-state index in [-0.39, 0.29) is 5.56 Å². The molecule has 21 heavy (non-hydrogen) atoms. The van der Waals surface area contributed by atoms with Crippen LogP contribution in [0.25, 0.3) is 10.2 Å². The zero-order valence-corrected chi connectivity index (χ0v) is 13.3. The molecule has 1 saturated carbocycles. The second kappa shape index (κ2) is 5.21. The predicted molar refractivity (Wildman–Crippen MR) is 86.0 cm³/mol. The second-order valence-corrected chi connectivity index (χ2v) is 7.49. The topological polar surface area (TPSA) is 49.0 Å². The molecular weight excluding hydrogens is 282 g/mol. The summed E-state index contributed by atoms with van der Waals surface area (Å²) < 4.78 is 0. The first kappa shape index (κ1) is 13.5. The number of hydrogen-bond acceptors (Lipinski definition) is 4. The molecule has 2 aliphatic rings. The highest BCUT2D eigenvalue weighted by Crippen LogP contribution is 2.34. The Hall–Kier alpha value is -1.20. The highest BCUT2D eigenvalue weighted by molar-refractivity contribution is 7.18. The van der Waals surface area contributed by atoms with Gasteiger partial charge in [-0.25, -0.2) is 4.98 Å². The summed E-state index contributed by atoms with van der Waals surface area (Å²) in [6, 6.07) is 0.652. The third-order valence-corrected chi connectivity index (χ3v) is 6.16. The van der Waals surface area contributed by atoms with Crippen molar-refractivity contribution in [1.82, 2.24) is 14.9 Å². The fourth-order valence-electron chi connectivity index (χ4n) is 3.83. The highest BCUT2D eigenvalue weighted by Gasteiger charge is 2.23. The SMILES string of the molecule is CN(Cc1nc2sc3c(c2c(=O)[nH]1)CCC3)C1CCCC1. The van der Waals surface area contributed by atoms with Crippen LogP contribution in [0.2, 0.25) is 0 Å². The van der Waals surface area contributed by atoms with Crippen LogP contribution < -0.4 is 5.56 Å². The van der Waals surface area contributed by atoms with Crippen molar-refractivity contribution in [3.05, 3.63) is 26.6 Å². The van der Waals surface area contributed by atoms with E-state index in [0.29, 0.717) is 6.04 Å². The Bertz CT molecular complexity index is 727. The summed E-state index contributed by atoms with van der Waals surface area (Å²) in [5, 5.41) is 0.861. The maximum Gasteiger partial charge on any atom is 0.259 e. The fraction of sp³-hybridized carbons (Fsp3) is 0.625. The van der Waals surface area contributed by atoms with E-state index in [1.807, 2.05) is 0 Å². The molecule has 4 rings (SSSR count). The average Bonchev–Trinajstić information content (AvgIpc) is 3.14. The standard InChI is InChI=1S/C16H21N3OS/c1-19(10-5-2-3-6-10)9-13-17-15(20)14-11-7-4-8-12(11)21-16(14)18-13/h10H,2-9H2,1H3,(H,17,18,20). The molecule has 0 spiro atoms. The first-order chi connectivity index (χ1) is 10.2. The average molecular weight is 303 g/mol. The van der Waals surface area contributed by atoms with E-state index in [2.05, 4.69) is 16.9 Å². The Morgan fingerprint density at radius 1 is 1.29 bits per heavy atom. The molecule has 4 nitrogen and oxygen atoms in total. The normalized spacial score (nSPS) is 19.0. The summed E-state index contributed by atoms with van der Waals surface area (Å²) in [6.45, 7) is 0.748. The lowest BCUT2D eigenvalue weighted by Crippen LogP contribution is -2.30. The van der Waals surface area contributed by atoms with E-state index in [1.54, 1.807) is 11.3 Å². The number of nitrogens with one attached hydrogen (secondary N) is 1. The minimum atomic E-state index is 0.0641. The molecule has 2 aromatic heterocycles. The lowest BCUT2D eigenvalue weighted by Gasteiger charge is -2.23. The fourth-order valence-corrected chi connectivity index (χ4v) is 5.11. The van der Waals surface area contributed by atoms with Gasteiger partial charge in [0.1, 0.15) is 10.7 Å². The van der Waals surface area contributed by atoms with Crippen LogP contribution in [0.5, 0.6) is 0 Å². The van der Waals surface area contributed by atoms with Gasteiger partial charge in [-0.15, -0.1) is 11.3 Å². The molecule has 0 saturated heterocycles. The van der Waals surface area contributed by atoms with E-state index >= 15 is 0 Å². The molecule has 112 valence electrons. The summed E-state index contributed by atoms with van der Waals surface area (Å²) in [7, 11) is 2.15. The van der Waals surface area contributed by atoms with E-state index in [0.717, 1.165) is 35.4 Å². The number of H-pyrrole nitrogens is 1. The van der Waals surface area contributed by atoms with Gasteiger partial charge in [0.05, 0.1) is 11.9 Å². The van der Waals surface area contributed by atoms with Crippen LogP contribution in [0, 0.1) is 0 Å². The Morgan fingerprint density at radius 2 is 2.10 bits per heavy atom. The van der Waals surface area contributed by atoms with Crippen LogP contribution in [-0.4, -0.2) is 28.0 Å². The number of rotatable bonds is 3. The van der Waals surface area contributed by atoms with Crippen molar-refractivity contribution in [1.29, 1.82) is 0 Å². The van der Waals surface area contributed by atoms with Crippen molar-refractivity contribution >= 4 is 21.6 Å². The van der Waals surface area contributed by atoms with Gasteiger partial charge in [-0.05, 0) is 44.7 Å². The number of aromatic nitrogens is 2. The maximum absolute atomic E-state index is 12.4. The van der Waals surface area contributed by atoms with Gasteiger partial charge in [0.25, 0.3) is 5.56 Å². The Morgan fingerprint density at radius 3 is 2.90 bits per heavy atom. The summed E-state index contributed by atoms with van der Waals surface area (Å²) >= 11 is 1.72. The molecule has 0 atom stereocenters. The van der Waals surface area contributed by atoms with Crippen LogP contribution >= 0.6 is 11.3 Å². The van der Waals surface area contributed by atoms with Gasteiger partial charge >= 0.3 is 0 Å². The van der Waals surface area contributed by atoms with Crippen molar-refractivity contribution in [2.75, 3.05) is 7.05 Å². The van der Waals surface area contributed by atoms with Crippen molar-refractivity contribution < 1.29 is 0 Å². The van der Waals surface area contributed by atoms with Crippen LogP contribution in [0.4, 0.5) is 0 Å². The van der Waals surface area contributed by atoms with Crippen molar-refractivity contribution in [2.45, 2.75) is 57.5 Å². The molecule has 2 aliphatic carbocycles. The first-order valence-electron chi connectivity index (χ1n) is 7.96. The molecular formula is C16H21N3OS. The zero-order valence-electron chi connectivity index (χ0n) is 12.4. The van der Waals surface area contributed by atoms with Crippen LogP contribution in [0.15, 0.2) is 4.79 Å². The van der Waals surface area contributed by atoms with E-state index in [1.165, 1.54) is 42.5 Å². The molecule has 0 bridgehead atoms. The first-order valence-corrected chi connectivity index (χ1v) is 8.77. The molecule has 0 radical (unpaired) electrons. The summed E-state index contributed by atoms with van der Waals surface area (Å²) in [5.41, 5.74) is 1.33. The highest BCUT2D eigenvalue weighted by atomic mass is 32.1. The van der Waals surface area contributed by atoms with Crippen LogP contribution in [-0.2, 0) is 19.4 Å². The van der Waals surface area contributed by atoms with Gasteiger partial charge in [0.2, 0.25) is 0 Å². The van der Waals surface area contributed by atoms with Crippen LogP contribution in [0.1, 0.15) is 48.4 Å². The van der Waals surface area contributed by atoms with Gasteiger partial charge in [0, 0.05) is 10.9 Å². The summed E-state index contributed by atoms with van der Waals surface area (Å²) in [6.07, 6.45) is 8.55. The van der Waals surface area contributed by atoms with Crippen molar-refractivity contribution in [2.24, 2.45) is 0 Å². The predicted octanol–water partition coefficient (Wildman–Crippen LogP) is 2.85. The monoisotopic (exact) mass is 303 g/mol. The second-order valence-electron chi connectivity index (χ2n) is 6.40. The minimum absolute atomic E-state index is 0.0641. The van der Waals surface area contributed by atoms with Crippen LogP contribution in [0.3, 0.4) is 0 Å². The van der Waals surface area contributed by atoms with Crippen molar-refractivity contribution in [3.63, 3.8) is 0 Å². The van der Waals surface area contributed by atoms with Crippen molar-refractivity contribution in [3.8, 4) is 0 Å². The van der Waals surface area contributed by atoms with Gasteiger partial charge < -0.3 is 4.98 Å². The quantitative estimate of drug-likeness (QED) is 0.948. The molecule has 0 aromatic carbocycles. The molecule has 1 fully saturated rings. The summed E-state index contributed by atoms with van der Waals surface area (Å²) in [5.74, 6) is 0.821. The minimum Gasteiger partial charge on any atom is -0.309 e. The lowest BCUT2D eigenvalue weighted by atomic mass is 10.2. The van der Waals surface area contributed by atoms with Gasteiger partial charge in [-0.3, -0.25) is 9.69 Å². The zero-order chi connectivity index (χ0) is 14.4. The van der Waals surface area contributed by atoms with Gasteiger partial charge in [0.15, 0.2) is 0 Å². The van der Waals surface area contributed by atoms with Gasteiger partial charge in [-0.1, -0.05) is 12.8 Å². The number of hydrogen-bond donors (Lipinski definition) is 1. The van der Waals surface area contributed by atoms with Gasteiger partial charge in [-0.2, -0.15) is 0 Å². The Kier molecular flexibility index (Phi) is 3.34. The molecule has 5 heteroatoms. The molecule has 2 heterocycles. The third-order valence-electron chi connectivity index (χ3n) is 4.97. The maximum atomic E-state index is 12.4. The summed E-state index contributed by atoms with van der Waals surface area (Å²) in [4.78, 5) is 24.8. The molecule has 0 aliphatic heterocycles. The Labute approximate surface area is 128 Å². The molecule has 0 unspecified atom stereocenters. The third kappa shape index (κ3) is 2.32. The molecule has 1 N–H and O–H groups in total. The largest absolute Gasteiger partial charge is 0.309 e. The lowest BCUT2D eigenvalue weighted by molar-refractivity contribution is 0.232. The molecule has 0 amide bonds. The smallest absolute Gasteiger partial charge is 0.259 e. The number of fused-ring (bicyclic) bond motifs is 3. The molecule has 2 aromatic rings. The van der Waals surface area contributed by atoms with E-state index in [4.69, 9.17) is 4.98 Å². The van der Waals surface area contributed by atoms with E-state index in [9.17, 15) is 4.79 Å². The Balaban J connectivity index is 1.66. The number of thiophene rings is 1.